The molecule has 1 heterocycles. The number of hydrogen-bond donors (Lipinski definition) is 2. The summed E-state index contributed by atoms with van der Waals surface area (Å²) < 4.78 is 0.834. The highest BCUT2D eigenvalue weighted by Crippen LogP contribution is 2.39. The van der Waals surface area contributed by atoms with Gasteiger partial charge in [0.25, 0.3) is 0 Å². The van der Waals surface area contributed by atoms with Gasteiger partial charge in [-0.1, -0.05) is 54.0 Å². The van der Waals surface area contributed by atoms with Crippen molar-refractivity contribution in [2.45, 2.75) is 47.8 Å². The Morgan fingerprint density at radius 3 is 2.80 bits per heavy atom. The van der Waals surface area contributed by atoms with E-state index in [1.165, 1.54) is 29.5 Å². The van der Waals surface area contributed by atoms with Gasteiger partial charge in [-0.3, -0.25) is 4.79 Å². The van der Waals surface area contributed by atoms with Crippen LogP contribution in [0.4, 0.5) is 5.69 Å². The van der Waals surface area contributed by atoms with Gasteiger partial charge in [-0.15, -0.1) is 10.2 Å². The van der Waals surface area contributed by atoms with Gasteiger partial charge in [0.05, 0.1) is 5.02 Å². The van der Waals surface area contributed by atoms with Crippen molar-refractivity contribution >= 4 is 46.3 Å². The van der Waals surface area contributed by atoms with Gasteiger partial charge in [0, 0.05) is 17.0 Å². The van der Waals surface area contributed by atoms with Gasteiger partial charge >= 0.3 is 0 Å². The van der Waals surface area contributed by atoms with Crippen LogP contribution in [-0.2, 0) is 4.79 Å². The summed E-state index contributed by atoms with van der Waals surface area (Å²) in [7, 11) is 0. The number of benzene rings is 1. The lowest BCUT2D eigenvalue weighted by Crippen LogP contribution is -2.36. The van der Waals surface area contributed by atoms with Crippen LogP contribution >= 0.6 is 34.7 Å². The highest BCUT2D eigenvalue weighted by molar-refractivity contribution is 8.01. The summed E-state index contributed by atoms with van der Waals surface area (Å²) in [5.74, 6) is 0.00735. The second kappa shape index (κ2) is 8.49. The number of hydrogen-bond acceptors (Lipinski definition) is 6. The average molecular weight is 397 g/mol. The molecule has 0 atom stereocenters. The van der Waals surface area contributed by atoms with Crippen LogP contribution < -0.4 is 11.1 Å². The molecule has 2 aromatic rings. The number of rotatable bonds is 6. The molecule has 1 saturated carbocycles. The maximum absolute atomic E-state index is 12.5. The highest BCUT2D eigenvalue weighted by Gasteiger charge is 2.32. The molecule has 25 heavy (non-hydrogen) atoms. The third-order valence-electron chi connectivity index (χ3n) is 4.64. The van der Waals surface area contributed by atoms with Crippen LogP contribution in [0.3, 0.4) is 0 Å². The summed E-state index contributed by atoms with van der Waals surface area (Å²) >= 11 is 9.27. The van der Waals surface area contributed by atoms with E-state index < -0.39 is 0 Å². The van der Waals surface area contributed by atoms with Crippen LogP contribution in [0.1, 0.15) is 38.5 Å². The first-order chi connectivity index (χ1) is 12.1. The Bertz CT molecular complexity index is 717. The molecule has 0 saturated heterocycles. The normalized spacial score (nSPS) is 16.6. The summed E-state index contributed by atoms with van der Waals surface area (Å²) in [6.45, 7) is 0.568. The Morgan fingerprint density at radius 2 is 2.16 bits per heavy atom. The maximum atomic E-state index is 12.5. The Kier molecular flexibility index (Phi) is 6.33. The maximum Gasteiger partial charge on any atom is 0.224 e. The monoisotopic (exact) mass is 396 g/mol. The topological polar surface area (TPSA) is 80.9 Å². The fraction of sp³-hybridized carbons (Fsp3) is 0.471. The minimum Gasteiger partial charge on any atom is -0.330 e. The average Bonchev–Trinajstić information content (AvgIpc) is 3.11. The molecule has 5 nitrogen and oxygen atoms in total. The summed E-state index contributed by atoms with van der Waals surface area (Å²) in [5, 5.41) is 11.4. The van der Waals surface area contributed by atoms with Crippen molar-refractivity contribution in [3.8, 4) is 0 Å². The number of nitrogens with two attached hydrogens (primary N) is 1. The zero-order chi connectivity index (χ0) is 17.7. The molecule has 0 radical (unpaired) electrons. The molecule has 8 heteroatoms. The van der Waals surface area contributed by atoms with Crippen molar-refractivity contribution < 1.29 is 4.79 Å². The third kappa shape index (κ3) is 4.94. The number of carbonyl (C=O) groups excluding carboxylic acids is 1. The minimum atomic E-state index is -0.0419. The molecule has 1 fully saturated rings. The van der Waals surface area contributed by atoms with E-state index in [-0.39, 0.29) is 11.3 Å². The third-order valence-corrected chi connectivity index (χ3v) is 6.91. The Labute approximate surface area is 160 Å². The van der Waals surface area contributed by atoms with Crippen molar-refractivity contribution in [2.75, 3.05) is 11.9 Å². The van der Waals surface area contributed by atoms with E-state index in [9.17, 15) is 4.79 Å². The lowest BCUT2D eigenvalue weighted by Gasteiger charge is -2.35. The molecule has 3 rings (SSSR count). The van der Waals surface area contributed by atoms with Crippen LogP contribution in [0.5, 0.6) is 0 Å². The van der Waals surface area contributed by atoms with Crippen molar-refractivity contribution in [1.82, 2.24) is 10.2 Å². The second-order valence-corrected chi connectivity index (χ2v) is 8.97. The van der Waals surface area contributed by atoms with Crippen LogP contribution in [0.15, 0.2) is 32.9 Å². The molecule has 1 amide bonds. The smallest absolute Gasteiger partial charge is 0.224 e. The molecule has 0 aliphatic heterocycles. The molecule has 0 bridgehead atoms. The second-order valence-electron chi connectivity index (χ2n) is 6.44. The summed E-state index contributed by atoms with van der Waals surface area (Å²) in [4.78, 5) is 13.4. The minimum absolute atomic E-state index is 0.00735. The Morgan fingerprint density at radius 1 is 1.36 bits per heavy atom. The molecular formula is C17H21ClN4OS2. The van der Waals surface area contributed by atoms with E-state index >= 15 is 0 Å². The van der Waals surface area contributed by atoms with Crippen molar-refractivity contribution in [1.29, 1.82) is 0 Å². The molecule has 0 unspecified atom stereocenters. The van der Waals surface area contributed by atoms with Crippen LogP contribution in [0.25, 0.3) is 0 Å². The molecule has 1 aliphatic carbocycles. The molecule has 1 aromatic carbocycles. The summed E-state index contributed by atoms with van der Waals surface area (Å²) in [5.41, 5.74) is 8.32. The molecular weight excluding hydrogens is 376 g/mol. The molecule has 1 aromatic heterocycles. The Hall–Kier alpha value is -1.15. The van der Waals surface area contributed by atoms with Crippen LogP contribution in [0, 0.1) is 5.41 Å². The lowest BCUT2D eigenvalue weighted by atomic mass is 9.71. The fourth-order valence-corrected chi connectivity index (χ4v) is 5.00. The SMILES string of the molecule is NCC1(CC(=O)Nc2ccc(Sc3nncs3)c(Cl)c2)CCCCC1. The highest BCUT2D eigenvalue weighted by atomic mass is 35.5. The fourth-order valence-electron chi connectivity index (χ4n) is 3.26. The van der Waals surface area contributed by atoms with Gasteiger partial charge in [-0.25, -0.2) is 0 Å². The van der Waals surface area contributed by atoms with E-state index in [1.807, 2.05) is 12.1 Å². The Balaban J connectivity index is 1.62. The van der Waals surface area contributed by atoms with Gasteiger partial charge in [-0.2, -0.15) is 0 Å². The zero-order valence-corrected chi connectivity index (χ0v) is 16.2. The van der Waals surface area contributed by atoms with Gasteiger partial charge in [-0.05, 0) is 43.0 Å². The van der Waals surface area contributed by atoms with Crippen molar-refractivity contribution in [3.63, 3.8) is 0 Å². The quantitative estimate of drug-likeness (QED) is 0.746. The van der Waals surface area contributed by atoms with Gasteiger partial charge in [0.15, 0.2) is 4.34 Å². The molecule has 1 aliphatic rings. The van der Waals surface area contributed by atoms with Crippen molar-refractivity contribution in [3.05, 3.63) is 28.7 Å². The standard InChI is InChI=1S/C17H21ClN4OS2/c18-13-8-12(4-5-14(13)25-16-22-20-11-24-16)21-15(23)9-17(10-19)6-2-1-3-7-17/h4-5,8,11H,1-3,6-7,9-10,19H2,(H,21,23). The largest absolute Gasteiger partial charge is 0.330 e. The number of carbonyl (C=O) groups is 1. The first-order valence-electron chi connectivity index (χ1n) is 8.34. The summed E-state index contributed by atoms with van der Waals surface area (Å²) in [6.07, 6.45) is 6.11. The number of nitrogens with one attached hydrogen (secondary N) is 1. The van der Waals surface area contributed by atoms with E-state index in [0.717, 1.165) is 34.9 Å². The van der Waals surface area contributed by atoms with Gasteiger partial charge in [0.1, 0.15) is 5.51 Å². The number of halogens is 1. The lowest BCUT2D eigenvalue weighted by molar-refractivity contribution is -0.118. The van der Waals surface area contributed by atoms with Crippen LogP contribution in [-0.4, -0.2) is 22.6 Å². The van der Waals surface area contributed by atoms with E-state index in [2.05, 4.69) is 15.5 Å². The predicted octanol–water partition coefficient (Wildman–Crippen LogP) is 4.58. The summed E-state index contributed by atoms with van der Waals surface area (Å²) in [6, 6.07) is 5.53. The number of aromatic nitrogens is 2. The van der Waals surface area contributed by atoms with Crippen molar-refractivity contribution in [2.24, 2.45) is 11.1 Å². The number of anilines is 1. The van der Waals surface area contributed by atoms with Gasteiger partial charge in [0.2, 0.25) is 5.91 Å². The van der Waals surface area contributed by atoms with Crippen LogP contribution in [0.2, 0.25) is 5.02 Å². The first kappa shape index (κ1) is 18.6. The first-order valence-corrected chi connectivity index (χ1v) is 10.4. The van der Waals surface area contributed by atoms with E-state index in [4.69, 9.17) is 17.3 Å². The molecule has 3 N–H and O–H groups in total. The number of amides is 1. The predicted molar refractivity (Wildman–Crippen MR) is 103 cm³/mol. The zero-order valence-electron chi connectivity index (χ0n) is 13.8. The number of nitrogens with zero attached hydrogens (tertiary/aromatic N) is 2. The molecule has 0 spiro atoms. The van der Waals surface area contributed by atoms with Gasteiger partial charge < -0.3 is 11.1 Å². The van der Waals surface area contributed by atoms with E-state index in [1.54, 1.807) is 11.6 Å². The van der Waals surface area contributed by atoms with E-state index in [0.29, 0.717) is 23.7 Å². The molecule has 134 valence electrons.